The molecule has 1 fully saturated rings. The van der Waals surface area contributed by atoms with Gasteiger partial charge in [0.1, 0.15) is 0 Å². The summed E-state index contributed by atoms with van der Waals surface area (Å²) >= 11 is 0. The van der Waals surface area contributed by atoms with Crippen LogP contribution in [0.15, 0.2) is 0 Å². The van der Waals surface area contributed by atoms with Crippen molar-refractivity contribution in [3.63, 3.8) is 0 Å². The van der Waals surface area contributed by atoms with Crippen LogP contribution in [0.5, 0.6) is 0 Å². The molecule has 2 unspecified atom stereocenters. The van der Waals surface area contributed by atoms with Crippen LogP contribution in [-0.2, 0) is 4.79 Å². The number of likely N-dealkylation sites (N-methyl/N-ethyl adjacent to an activating group) is 1. The molecule has 1 aliphatic heterocycles. The summed E-state index contributed by atoms with van der Waals surface area (Å²) in [6.45, 7) is 1.53. The summed E-state index contributed by atoms with van der Waals surface area (Å²) in [6, 6.07) is -0.203. The average molecular weight is 158 g/mol. The fourth-order valence-electron chi connectivity index (χ4n) is 1.46. The van der Waals surface area contributed by atoms with Gasteiger partial charge in [0.25, 0.3) is 0 Å². The molecule has 11 heavy (non-hydrogen) atoms. The molecule has 0 aromatic heterocycles. The molecule has 1 heterocycles. The first-order chi connectivity index (χ1) is 5.11. The number of hydrogen-bond donors (Lipinski definition) is 2. The van der Waals surface area contributed by atoms with Crippen LogP contribution in [0.4, 0.5) is 0 Å². The van der Waals surface area contributed by atoms with E-state index in [4.69, 9.17) is 10.8 Å². The zero-order chi connectivity index (χ0) is 8.43. The van der Waals surface area contributed by atoms with Crippen LogP contribution in [0, 0.1) is 5.92 Å². The highest BCUT2D eigenvalue weighted by Gasteiger charge is 2.29. The van der Waals surface area contributed by atoms with Gasteiger partial charge in [0.15, 0.2) is 0 Å². The highest BCUT2D eigenvalue weighted by molar-refractivity contribution is 5.71. The van der Waals surface area contributed by atoms with Crippen LogP contribution >= 0.6 is 0 Å². The summed E-state index contributed by atoms with van der Waals surface area (Å²) in [7, 11) is 1.96. The lowest BCUT2D eigenvalue weighted by Gasteiger charge is -2.31. The number of likely N-dealkylation sites (tertiary alicyclic amines) is 1. The maximum atomic E-state index is 10.6. The van der Waals surface area contributed by atoms with Crippen molar-refractivity contribution in [2.75, 3.05) is 20.1 Å². The Balaban J connectivity index is 2.50. The summed E-state index contributed by atoms with van der Waals surface area (Å²) in [5, 5.41) is 8.70. The Morgan fingerprint density at radius 1 is 1.73 bits per heavy atom. The standard InChI is InChI=1S/C7H14N2O2/c1-9-3-2-5(7(10)11)6(8)4-9/h5-6H,2-4,8H2,1H3,(H,10,11). The van der Waals surface area contributed by atoms with Crippen LogP contribution in [-0.4, -0.2) is 42.2 Å². The molecule has 3 N–H and O–H groups in total. The van der Waals surface area contributed by atoms with Crippen molar-refractivity contribution < 1.29 is 9.90 Å². The number of carboxylic acids is 1. The molecule has 1 saturated heterocycles. The van der Waals surface area contributed by atoms with E-state index < -0.39 is 5.97 Å². The van der Waals surface area contributed by atoms with Crippen molar-refractivity contribution in [2.24, 2.45) is 11.7 Å². The van der Waals surface area contributed by atoms with Crippen molar-refractivity contribution >= 4 is 5.97 Å². The Kier molecular flexibility index (Phi) is 2.46. The second kappa shape index (κ2) is 3.19. The van der Waals surface area contributed by atoms with Crippen molar-refractivity contribution in [3.05, 3.63) is 0 Å². The van der Waals surface area contributed by atoms with E-state index in [-0.39, 0.29) is 12.0 Å². The number of carboxylic acid groups (broad SMARTS) is 1. The number of rotatable bonds is 1. The van der Waals surface area contributed by atoms with E-state index in [9.17, 15) is 4.79 Å². The van der Waals surface area contributed by atoms with E-state index in [1.165, 1.54) is 0 Å². The highest BCUT2D eigenvalue weighted by atomic mass is 16.4. The third kappa shape index (κ3) is 1.91. The van der Waals surface area contributed by atoms with Gasteiger partial charge in [0, 0.05) is 12.6 Å². The molecule has 0 amide bonds. The number of aliphatic carboxylic acids is 1. The Labute approximate surface area is 66.0 Å². The largest absolute Gasteiger partial charge is 0.481 e. The van der Waals surface area contributed by atoms with Gasteiger partial charge in [-0.1, -0.05) is 0 Å². The summed E-state index contributed by atoms with van der Waals surface area (Å²) < 4.78 is 0. The Bertz CT molecular complexity index is 161. The number of nitrogens with zero attached hydrogens (tertiary/aromatic N) is 1. The third-order valence-electron chi connectivity index (χ3n) is 2.18. The molecule has 4 heteroatoms. The molecular weight excluding hydrogens is 144 g/mol. The zero-order valence-electron chi connectivity index (χ0n) is 6.66. The Morgan fingerprint density at radius 3 is 2.82 bits per heavy atom. The van der Waals surface area contributed by atoms with Crippen LogP contribution in [0.25, 0.3) is 0 Å². The molecular formula is C7H14N2O2. The number of piperidine rings is 1. The van der Waals surface area contributed by atoms with Crippen LogP contribution < -0.4 is 5.73 Å². The van der Waals surface area contributed by atoms with Crippen molar-refractivity contribution in [2.45, 2.75) is 12.5 Å². The van der Waals surface area contributed by atoms with Gasteiger partial charge in [-0.25, -0.2) is 0 Å². The number of carbonyl (C=O) groups is 1. The molecule has 0 aromatic rings. The number of hydrogen-bond acceptors (Lipinski definition) is 3. The average Bonchev–Trinajstić information content (AvgIpc) is 1.85. The minimum Gasteiger partial charge on any atom is -0.481 e. The van der Waals surface area contributed by atoms with Gasteiger partial charge < -0.3 is 15.7 Å². The van der Waals surface area contributed by atoms with Gasteiger partial charge in [0.2, 0.25) is 0 Å². The second-order valence-electron chi connectivity index (χ2n) is 3.16. The fourth-order valence-corrected chi connectivity index (χ4v) is 1.46. The Hall–Kier alpha value is -0.610. The molecule has 0 saturated carbocycles. The molecule has 0 aromatic carbocycles. The minimum absolute atomic E-state index is 0.203. The summed E-state index contributed by atoms with van der Waals surface area (Å²) in [4.78, 5) is 12.6. The highest BCUT2D eigenvalue weighted by Crippen LogP contribution is 2.14. The first kappa shape index (κ1) is 8.49. The molecule has 0 radical (unpaired) electrons. The quantitative estimate of drug-likeness (QED) is 0.532. The lowest BCUT2D eigenvalue weighted by atomic mass is 9.93. The summed E-state index contributed by atoms with van der Waals surface area (Å²) in [5.41, 5.74) is 5.65. The monoisotopic (exact) mass is 158 g/mol. The van der Waals surface area contributed by atoms with Gasteiger partial charge >= 0.3 is 5.97 Å². The summed E-state index contributed by atoms with van der Waals surface area (Å²) in [6.07, 6.45) is 0.674. The van der Waals surface area contributed by atoms with E-state index >= 15 is 0 Å². The van der Waals surface area contributed by atoms with Crippen LogP contribution in [0.1, 0.15) is 6.42 Å². The second-order valence-corrected chi connectivity index (χ2v) is 3.16. The molecule has 1 aliphatic rings. The first-order valence-corrected chi connectivity index (χ1v) is 3.78. The smallest absolute Gasteiger partial charge is 0.308 e. The third-order valence-corrected chi connectivity index (χ3v) is 2.18. The molecule has 2 atom stereocenters. The lowest BCUT2D eigenvalue weighted by Crippen LogP contribution is -2.49. The lowest BCUT2D eigenvalue weighted by molar-refractivity contribution is -0.143. The van der Waals surface area contributed by atoms with Gasteiger partial charge in [-0.05, 0) is 20.0 Å². The topological polar surface area (TPSA) is 66.6 Å². The fraction of sp³-hybridized carbons (Fsp3) is 0.857. The molecule has 0 spiro atoms. The van der Waals surface area contributed by atoms with E-state index in [1.807, 2.05) is 7.05 Å². The molecule has 64 valence electrons. The van der Waals surface area contributed by atoms with Crippen molar-refractivity contribution in [1.82, 2.24) is 4.90 Å². The van der Waals surface area contributed by atoms with Crippen LogP contribution in [0.3, 0.4) is 0 Å². The normalized spacial score (nSPS) is 33.6. The number of nitrogens with two attached hydrogens (primary N) is 1. The predicted molar refractivity (Wildman–Crippen MR) is 41.2 cm³/mol. The van der Waals surface area contributed by atoms with Crippen LogP contribution in [0.2, 0.25) is 0 Å². The summed E-state index contributed by atoms with van der Waals surface area (Å²) in [5.74, 6) is -1.10. The minimum atomic E-state index is -0.759. The van der Waals surface area contributed by atoms with Gasteiger partial charge in [-0.2, -0.15) is 0 Å². The molecule has 0 bridgehead atoms. The first-order valence-electron chi connectivity index (χ1n) is 3.78. The van der Waals surface area contributed by atoms with E-state index in [2.05, 4.69) is 4.90 Å². The van der Waals surface area contributed by atoms with E-state index in [0.29, 0.717) is 13.0 Å². The maximum absolute atomic E-state index is 10.6. The SMILES string of the molecule is CN1CCC(C(=O)O)C(N)C1. The zero-order valence-corrected chi connectivity index (χ0v) is 6.66. The van der Waals surface area contributed by atoms with Gasteiger partial charge in [-0.3, -0.25) is 4.79 Å². The Morgan fingerprint density at radius 2 is 2.36 bits per heavy atom. The van der Waals surface area contributed by atoms with E-state index in [1.54, 1.807) is 0 Å². The van der Waals surface area contributed by atoms with Crippen molar-refractivity contribution in [3.8, 4) is 0 Å². The maximum Gasteiger partial charge on any atom is 0.308 e. The van der Waals surface area contributed by atoms with Crippen molar-refractivity contribution in [1.29, 1.82) is 0 Å². The van der Waals surface area contributed by atoms with Gasteiger partial charge in [-0.15, -0.1) is 0 Å². The molecule has 4 nitrogen and oxygen atoms in total. The van der Waals surface area contributed by atoms with Gasteiger partial charge in [0.05, 0.1) is 5.92 Å². The predicted octanol–water partition coefficient (Wildman–Crippen LogP) is -0.650. The molecule has 0 aliphatic carbocycles. The molecule has 1 rings (SSSR count). The van der Waals surface area contributed by atoms with E-state index in [0.717, 1.165) is 6.54 Å².